The number of Topliss-reactive ketones (excluding diaryl/α,β-unsaturated/α-hetero) is 1. The number of hydrogen-bond donors (Lipinski definition) is 3. The van der Waals surface area contributed by atoms with Gasteiger partial charge < -0.3 is 30.0 Å². The Morgan fingerprint density at radius 2 is 1.89 bits per heavy atom. The smallest absolute Gasteiger partial charge is 0.277 e. The van der Waals surface area contributed by atoms with Crippen LogP contribution in [0.25, 0.3) is 22.2 Å². The summed E-state index contributed by atoms with van der Waals surface area (Å²) in [5.41, 5.74) is 1.30. The maximum Gasteiger partial charge on any atom is 0.277 e. The normalized spacial score (nSPS) is 17.3. The Morgan fingerprint density at radius 1 is 1.21 bits per heavy atom. The summed E-state index contributed by atoms with van der Waals surface area (Å²) in [6, 6.07) is 3.34. The molecule has 4 rings (SSSR count). The van der Waals surface area contributed by atoms with E-state index in [2.05, 4.69) is 32.5 Å². The first-order valence-electron chi connectivity index (χ1n) is 12.0. The van der Waals surface area contributed by atoms with Crippen molar-refractivity contribution in [1.82, 2.24) is 25.2 Å². The summed E-state index contributed by atoms with van der Waals surface area (Å²) in [6.45, 7) is 7.23. The second-order valence-electron chi connectivity index (χ2n) is 9.07. The van der Waals surface area contributed by atoms with Crippen molar-refractivity contribution in [2.24, 2.45) is 7.05 Å². The summed E-state index contributed by atoms with van der Waals surface area (Å²) in [6.07, 6.45) is 2.43. The summed E-state index contributed by atoms with van der Waals surface area (Å²) in [7, 11) is 4.60. The van der Waals surface area contributed by atoms with Crippen molar-refractivity contribution in [3.63, 3.8) is 0 Å². The van der Waals surface area contributed by atoms with E-state index >= 15 is 0 Å². The number of methoxy groups -OCH3 is 2. The number of nitrogens with zero attached hydrogens (tertiary/aromatic N) is 3. The molecule has 1 fully saturated rings. The van der Waals surface area contributed by atoms with Gasteiger partial charge >= 0.3 is 0 Å². The number of carbonyl (C=O) groups excluding carboxylic acids is 1. The molecule has 2 aromatic heterocycles. The van der Waals surface area contributed by atoms with Crippen LogP contribution in [0, 0.1) is 0 Å². The number of ether oxygens (including phenoxy) is 2. The van der Waals surface area contributed by atoms with E-state index in [-0.39, 0.29) is 39.0 Å². The number of benzene rings is 1. The maximum absolute atomic E-state index is 13.4. The first kappa shape index (κ1) is 27.8. The standard InChI is InChI=1S/C26H30Cl2N6O4/c1-13(14(2)35)10-30-16-6-7-29-12-17(16)32-26-31-11-15-8-18(34(3)25(36)24(15)33-26)21-22(27)19(37-4)9-20(38-5)23(21)28/h8-9,11,16-17,29-30H,1,6-7,10,12H2,2-5H3,(H,31,32,33)/t16-,17+/m0/s1. The summed E-state index contributed by atoms with van der Waals surface area (Å²) in [5.74, 6) is 1.01. The number of ketones is 1. The van der Waals surface area contributed by atoms with Crippen LogP contribution in [-0.4, -0.2) is 66.3 Å². The quantitative estimate of drug-likeness (QED) is 0.339. The molecular weight excluding hydrogens is 531 g/mol. The number of carbonyl (C=O) groups is 1. The van der Waals surface area contributed by atoms with Gasteiger partial charge in [-0.3, -0.25) is 9.59 Å². The van der Waals surface area contributed by atoms with Gasteiger partial charge in [0.2, 0.25) is 5.95 Å². The van der Waals surface area contributed by atoms with E-state index in [1.165, 1.54) is 25.7 Å². The van der Waals surface area contributed by atoms with Crippen molar-refractivity contribution < 1.29 is 14.3 Å². The minimum atomic E-state index is -0.342. The molecule has 0 saturated carbocycles. The third kappa shape index (κ3) is 5.49. The number of hydrogen-bond acceptors (Lipinski definition) is 9. The molecule has 0 amide bonds. The number of halogens is 2. The molecule has 2 atom stereocenters. The molecule has 1 aliphatic heterocycles. The van der Waals surface area contributed by atoms with E-state index < -0.39 is 0 Å². The molecule has 0 radical (unpaired) electrons. The largest absolute Gasteiger partial charge is 0.495 e. The molecule has 10 nitrogen and oxygen atoms in total. The molecule has 0 aliphatic carbocycles. The van der Waals surface area contributed by atoms with Crippen LogP contribution in [0.3, 0.4) is 0 Å². The Hall–Kier alpha value is -3.18. The van der Waals surface area contributed by atoms with Gasteiger partial charge in [-0.1, -0.05) is 29.8 Å². The fourth-order valence-electron chi connectivity index (χ4n) is 4.40. The average molecular weight is 561 g/mol. The molecule has 3 N–H and O–H groups in total. The monoisotopic (exact) mass is 560 g/mol. The fraction of sp³-hybridized carbons (Fsp3) is 0.385. The predicted molar refractivity (Wildman–Crippen MR) is 150 cm³/mol. The van der Waals surface area contributed by atoms with Crippen LogP contribution in [-0.2, 0) is 11.8 Å². The van der Waals surface area contributed by atoms with Crippen molar-refractivity contribution in [3.05, 3.63) is 50.9 Å². The van der Waals surface area contributed by atoms with Crippen molar-refractivity contribution in [1.29, 1.82) is 0 Å². The van der Waals surface area contributed by atoms with Crippen LogP contribution in [0.15, 0.2) is 35.3 Å². The molecule has 3 heterocycles. The minimum absolute atomic E-state index is 0.0426. The van der Waals surface area contributed by atoms with Gasteiger partial charge in [0, 0.05) is 55.0 Å². The summed E-state index contributed by atoms with van der Waals surface area (Å²) >= 11 is 13.2. The Bertz CT molecular complexity index is 1430. The van der Waals surface area contributed by atoms with Gasteiger partial charge in [0.15, 0.2) is 5.78 Å². The SMILES string of the molecule is C=C(CN[C@H]1CCNC[C@H]1Nc1ncc2cc(-c3c(Cl)c(OC)cc(OC)c3Cl)n(C)c(=O)c2n1)C(C)=O. The molecular formula is C26H30Cl2N6O4. The Morgan fingerprint density at radius 3 is 2.53 bits per heavy atom. The average Bonchev–Trinajstić information content (AvgIpc) is 2.91. The number of rotatable bonds is 9. The highest BCUT2D eigenvalue weighted by molar-refractivity contribution is 6.41. The highest BCUT2D eigenvalue weighted by Gasteiger charge is 2.26. The van der Waals surface area contributed by atoms with Crippen molar-refractivity contribution in [2.75, 3.05) is 39.2 Å². The second-order valence-corrected chi connectivity index (χ2v) is 9.82. The number of nitrogens with one attached hydrogen (secondary N) is 3. The van der Waals surface area contributed by atoms with Gasteiger partial charge in [-0.15, -0.1) is 0 Å². The van der Waals surface area contributed by atoms with Gasteiger partial charge in [0.25, 0.3) is 5.56 Å². The topological polar surface area (TPSA) is 119 Å². The lowest BCUT2D eigenvalue weighted by Gasteiger charge is -2.33. The third-order valence-electron chi connectivity index (χ3n) is 6.68. The van der Waals surface area contributed by atoms with E-state index in [1.807, 2.05) is 0 Å². The van der Waals surface area contributed by atoms with Crippen LogP contribution >= 0.6 is 23.2 Å². The van der Waals surface area contributed by atoms with Crippen LogP contribution in [0.5, 0.6) is 11.5 Å². The molecule has 0 spiro atoms. The van der Waals surface area contributed by atoms with Gasteiger partial charge in [-0.25, -0.2) is 9.97 Å². The molecule has 38 heavy (non-hydrogen) atoms. The third-order valence-corrected chi connectivity index (χ3v) is 7.43. The van der Waals surface area contributed by atoms with E-state index in [1.54, 1.807) is 25.4 Å². The molecule has 0 bridgehead atoms. The lowest BCUT2D eigenvalue weighted by molar-refractivity contribution is -0.113. The van der Waals surface area contributed by atoms with E-state index in [0.29, 0.717) is 52.8 Å². The first-order chi connectivity index (χ1) is 18.2. The molecule has 1 aromatic carbocycles. The summed E-state index contributed by atoms with van der Waals surface area (Å²) in [5, 5.41) is 11.1. The number of pyridine rings is 1. The van der Waals surface area contributed by atoms with Crippen molar-refractivity contribution in [2.45, 2.75) is 25.4 Å². The zero-order chi connectivity index (χ0) is 27.6. The molecule has 1 aliphatic rings. The molecule has 3 aromatic rings. The zero-order valence-corrected chi connectivity index (χ0v) is 23.2. The Balaban J connectivity index is 1.68. The molecule has 12 heteroatoms. The van der Waals surface area contributed by atoms with E-state index in [0.717, 1.165) is 13.0 Å². The number of piperidine rings is 1. The van der Waals surface area contributed by atoms with Gasteiger partial charge in [-0.05, 0) is 26.0 Å². The van der Waals surface area contributed by atoms with Gasteiger partial charge in [-0.2, -0.15) is 0 Å². The van der Waals surface area contributed by atoms with Crippen molar-refractivity contribution in [3.8, 4) is 22.8 Å². The minimum Gasteiger partial charge on any atom is -0.495 e. The highest BCUT2D eigenvalue weighted by Crippen LogP contribution is 2.45. The van der Waals surface area contributed by atoms with Crippen LogP contribution in [0.2, 0.25) is 10.0 Å². The molecule has 202 valence electrons. The van der Waals surface area contributed by atoms with Gasteiger partial charge in [0.05, 0.1) is 36.0 Å². The Labute approximate surface area is 230 Å². The lowest BCUT2D eigenvalue weighted by Crippen LogP contribution is -2.55. The molecule has 0 unspecified atom stereocenters. The van der Waals surface area contributed by atoms with Crippen LogP contribution in [0.4, 0.5) is 5.95 Å². The summed E-state index contributed by atoms with van der Waals surface area (Å²) < 4.78 is 12.2. The van der Waals surface area contributed by atoms with E-state index in [4.69, 9.17) is 32.7 Å². The molecule has 1 saturated heterocycles. The van der Waals surface area contributed by atoms with Gasteiger partial charge in [0.1, 0.15) is 17.0 Å². The fourth-order valence-corrected chi connectivity index (χ4v) is 5.09. The first-order valence-corrected chi connectivity index (χ1v) is 12.8. The lowest BCUT2D eigenvalue weighted by atomic mass is 10.0. The highest BCUT2D eigenvalue weighted by atomic mass is 35.5. The van der Waals surface area contributed by atoms with Crippen LogP contribution < -0.4 is 31.0 Å². The maximum atomic E-state index is 13.4. The summed E-state index contributed by atoms with van der Waals surface area (Å²) in [4.78, 5) is 34.0. The number of fused-ring (bicyclic) bond motifs is 1. The Kier molecular flexibility index (Phi) is 8.57. The van der Waals surface area contributed by atoms with Crippen LogP contribution in [0.1, 0.15) is 13.3 Å². The van der Waals surface area contributed by atoms with E-state index in [9.17, 15) is 9.59 Å². The predicted octanol–water partition coefficient (Wildman–Crippen LogP) is 3.20. The number of anilines is 1. The zero-order valence-electron chi connectivity index (χ0n) is 21.7. The number of aromatic nitrogens is 3. The van der Waals surface area contributed by atoms with Crippen molar-refractivity contribution >= 4 is 45.8 Å². The second kappa shape index (κ2) is 11.7.